The van der Waals surface area contributed by atoms with E-state index in [1.807, 2.05) is 30.3 Å². The molecule has 2 aromatic carbocycles. The quantitative estimate of drug-likeness (QED) is 0.454. The number of halogens is 2. The highest BCUT2D eigenvalue weighted by atomic mass is 35.5. The Morgan fingerprint density at radius 1 is 1.13 bits per heavy atom. The third kappa shape index (κ3) is 8.11. The maximum absolute atomic E-state index is 12.1. The topological polar surface area (TPSA) is 67.8 Å². The Hall–Kier alpha value is -1.60. The second kappa shape index (κ2) is 10.8. The Bertz CT molecular complexity index is 917. The van der Waals surface area contributed by atoms with Crippen LogP contribution in [-0.4, -0.2) is 36.1 Å². The molecule has 0 fully saturated rings. The van der Waals surface area contributed by atoms with Crippen LogP contribution in [0.5, 0.6) is 5.75 Å². The summed E-state index contributed by atoms with van der Waals surface area (Å²) in [4.78, 5) is 14.0. The lowest BCUT2D eigenvalue weighted by atomic mass is 9.94. The van der Waals surface area contributed by atoms with E-state index < -0.39 is 17.2 Å². The maximum atomic E-state index is 12.1. The van der Waals surface area contributed by atoms with Crippen LogP contribution in [0.1, 0.15) is 39.7 Å². The van der Waals surface area contributed by atoms with E-state index in [9.17, 15) is 9.90 Å². The van der Waals surface area contributed by atoms with Crippen LogP contribution < -0.4 is 10.1 Å². The number of methoxy groups -OCH3 is 1. The summed E-state index contributed by atoms with van der Waals surface area (Å²) in [7, 11) is 1.62. The van der Waals surface area contributed by atoms with Crippen LogP contribution in [0, 0.1) is 0 Å². The molecule has 0 bridgehead atoms. The summed E-state index contributed by atoms with van der Waals surface area (Å²) in [5.41, 5.74) is -0.509. The van der Waals surface area contributed by atoms with Gasteiger partial charge in [-0.15, -0.1) is 0 Å². The van der Waals surface area contributed by atoms with Crippen molar-refractivity contribution in [2.75, 3.05) is 13.7 Å². The SMILES string of the molecule is COc1ccc(Cl)cc1Sc1ccc(CC[C@@](C)(CO)NC(=O)OC(C)(C)C)c(Cl)c1. The number of hydrogen-bond acceptors (Lipinski definition) is 5. The van der Waals surface area contributed by atoms with Crippen molar-refractivity contribution in [3.63, 3.8) is 0 Å². The lowest BCUT2D eigenvalue weighted by molar-refractivity contribution is 0.0407. The molecule has 170 valence electrons. The lowest BCUT2D eigenvalue weighted by Gasteiger charge is -2.30. The highest BCUT2D eigenvalue weighted by Gasteiger charge is 2.28. The Kier molecular flexibility index (Phi) is 8.95. The third-order valence-electron chi connectivity index (χ3n) is 4.48. The second-order valence-electron chi connectivity index (χ2n) is 8.50. The standard InChI is InChI=1S/C23H29Cl2NO4S/c1-22(2,3)30-21(28)26-23(4,14-27)11-10-15-6-8-17(13-18(15)25)31-20-12-16(24)7-9-19(20)29-5/h6-9,12-13,27H,10-11,14H2,1-5H3,(H,26,28)/t23-/m0/s1. The fraction of sp³-hybridized carbons (Fsp3) is 0.435. The average molecular weight is 486 g/mol. The van der Waals surface area contributed by atoms with Crippen LogP contribution in [0.15, 0.2) is 46.2 Å². The largest absolute Gasteiger partial charge is 0.496 e. The van der Waals surface area contributed by atoms with Crippen molar-refractivity contribution in [3.8, 4) is 5.75 Å². The van der Waals surface area contributed by atoms with E-state index in [-0.39, 0.29) is 6.61 Å². The number of aliphatic hydroxyl groups excluding tert-OH is 1. The molecule has 0 saturated heterocycles. The van der Waals surface area contributed by atoms with E-state index in [4.69, 9.17) is 32.7 Å². The Labute approximate surface area is 198 Å². The maximum Gasteiger partial charge on any atom is 0.408 e. The number of nitrogens with one attached hydrogen (secondary N) is 1. The zero-order valence-corrected chi connectivity index (χ0v) is 20.7. The molecular weight excluding hydrogens is 457 g/mol. The molecule has 2 N–H and O–H groups in total. The Morgan fingerprint density at radius 2 is 1.84 bits per heavy atom. The van der Waals surface area contributed by atoms with Crippen LogP contribution in [-0.2, 0) is 11.2 Å². The van der Waals surface area contributed by atoms with Crippen molar-refractivity contribution < 1.29 is 19.4 Å². The molecule has 0 saturated carbocycles. The van der Waals surface area contributed by atoms with Gasteiger partial charge in [0.25, 0.3) is 0 Å². The summed E-state index contributed by atoms with van der Waals surface area (Å²) in [5.74, 6) is 0.738. The van der Waals surface area contributed by atoms with Crippen LogP contribution in [0.4, 0.5) is 4.79 Å². The molecule has 0 radical (unpaired) electrons. The first-order chi connectivity index (χ1) is 14.4. The van der Waals surface area contributed by atoms with Crippen LogP contribution in [0.3, 0.4) is 0 Å². The zero-order chi connectivity index (χ0) is 23.2. The van der Waals surface area contributed by atoms with Crippen LogP contribution in [0.25, 0.3) is 0 Å². The molecule has 2 aromatic rings. The van der Waals surface area contributed by atoms with Gasteiger partial charge in [-0.05, 0) is 76.4 Å². The van der Waals surface area contributed by atoms with E-state index in [2.05, 4.69) is 5.32 Å². The van der Waals surface area contributed by atoms with Gasteiger partial charge < -0.3 is 19.9 Å². The number of carbonyl (C=O) groups is 1. The minimum atomic E-state index is -0.826. The van der Waals surface area contributed by atoms with E-state index in [1.165, 1.54) is 11.8 Å². The molecule has 0 aliphatic rings. The first-order valence-electron chi connectivity index (χ1n) is 9.86. The normalized spacial score (nSPS) is 13.4. The van der Waals surface area contributed by atoms with E-state index in [0.717, 1.165) is 21.1 Å². The number of amides is 1. The summed E-state index contributed by atoms with van der Waals surface area (Å²) in [6.45, 7) is 6.94. The smallest absolute Gasteiger partial charge is 0.408 e. The number of alkyl carbamates (subject to hydrolysis) is 1. The fourth-order valence-electron chi connectivity index (χ4n) is 2.79. The zero-order valence-electron chi connectivity index (χ0n) is 18.4. The minimum absolute atomic E-state index is 0.216. The predicted octanol–water partition coefficient (Wildman–Crippen LogP) is 6.36. The van der Waals surface area contributed by atoms with Crippen molar-refractivity contribution in [1.82, 2.24) is 5.32 Å². The van der Waals surface area contributed by atoms with Crippen molar-refractivity contribution >= 4 is 41.1 Å². The van der Waals surface area contributed by atoms with Crippen molar-refractivity contribution in [1.29, 1.82) is 0 Å². The number of aliphatic hydroxyl groups is 1. The molecule has 0 heterocycles. The number of hydrogen-bond donors (Lipinski definition) is 2. The molecule has 0 aliphatic carbocycles. The van der Waals surface area contributed by atoms with Gasteiger partial charge in [-0.3, -0.25) is 0 Å². The first-order valence-corrected chi connectivity index (χ1v) is 11.4. The summed E-state index contributed by atoms with van der Waals surface area (Å²) in [6, 6.07) is 11.3. The van der Waals surface area contributed by atoms with Gasteiger partial charge in [-0.1, -0.05) is 41.0 Å². The fourth-order valence-corrected chi connectivity index (χ4v) is 4.37. The van der Waals surface area contributed by atoms with Gasteiger partial charge in [-0.2, -0.15) is 0 Å². The van der Waals surface area contributed by atoms with Crippen molar-refractivity contribution in [3.05, 3.63) is 52.0 Å². The third-order valence-corrected chi connectivity index (χ3v) is 6.09. The van der Waals surface area contributed by atoms with Gasteiger partial charge in [-0.25, -0.2) is 4.79 Å². The summed E-state index contributed by atoms with van der Waals surface area (Å²) < 4.78 is 10.7. The number of rotatable bonds is 8. The Balaban J connectivity index is 2.06. The summed E-state index contributed by atoms with van der Waals surface area (Å²) in [5, 5.41) is 13.8. The number of benzene rings is 2. The lowest BCUT2D eigenvalue weighted by Crippen LogP contribution is -2.50. The molecule has 0 aromatic heterocycles. The molecular formula is C23H29Cl2NO4S. The molecule has 0 spiro atoms. The molecule has 31 heavy (non-hydrogen) atoms. The molecule has 0 unspecified atom stereocenters. The van der Waals surface area contributed by atoms with Gasteiger partial charge in [0.2, 0.25) is 0 Å². The first kappa shape index (κ1) is 25.7. The molecule has 0 aliphatic heterocycles. The van der Waals surface area contributed by atoms with Gasteiger partial charge in [0.15, 0.2) is 0 Å². The predicted molar refractivity (Wildman–Crippen MR) is 127 cm³/mol. The monoisotopic (exact) mass is 485 g/mol. The van der Waals surface area contributed by atoms with Gasteiger partial charge >= 0.3 is 6.09 Å². The van der Waals surface area contributed by atoms with Crippen LogP contribution >= 0.6 is 35.0 Å². The molecule has 8 heteroatoms. The van der Waals surface area contributed by atoms with E-state index in [1.54, 1.807) is 40.9 Å². The molecule has 2 rings (SSSR count). The van der Waals surface area contributed by atoms with Crippen molar-refractivity contribution in [2.45, 2.75) is 61.5 Å². The minimum Gasteiger partial charge on any atom is -0.496 e. The molecule has 1 atom stereocenters. The number of carbonyl (C=O) groups excluding carboxylic acids is 1. The van der Waals surface area contributed by atoms with E-state index in [0.29, 0.717) is 22.9 Å². The number of aryl methyl sites for hydroxylation is 1. The summed E-state index contributed by atoms with van der Waals surface area (Å²) >= 11 is 14.1. The Morgan fingerprint density at radius 3 is 2.42 bits per heavy atom. The second-order valence-corrected chi connectivity index (χ2v) is 10.5. The van der Waals surface area contributed by atoms with Gasteiger partial charge in [0.05, 0.1) is 24.2 Å². The van der Waals surface area contributed by atoms with E-state index >= 15 is 0 Å². The van der Waals surface area contributed by atoms with Crippen LogP contribution in [0.2, 0.25) is 10.0 Å². The highest BCUT2D eigenvalue weighted by molar-refractivity contribution is 7.99. The van der Waals surface area contributed by atoms with Gasteiger partial charge in [0.1, 0.15) is 11.4 Å². The number of ether oxygens (including phenoxy) is 2. The van der Waals surface area contributed by atoms with Crippen molar-refractivity contribution in [2.24, 2.45) is 0 Å². The summed E-state index contributed by atoms with van der Waals surface area (Å²) in [6.07, 6.45) is 0.520. The molecule has 1 amide bonds. The average Bonchev–Trinajstić information content (AvgIpc) is 2.66. The molecule has 5 nitrogen and oxygen atoms in total. The highest BCUT2D eigenvalue weighted by Crippen LogP contribution is 2.38. The van der Waals surface area contributed by atoms with Gasteiger partial charge in [0, 0.05) is 14.9 Å².